The van der Waals surface area contributed by atoms with Gasteiger partial charge >= 0.3 is 0 Å². The Hall–Kier alpha value is -3.05. The predicted molar refractivity (Wildman–Crippen MR) is 117 cm³/mol. The number of aliphatic hydroxyl groups excluding tert-OH is 1. The molecule has 3 aromatic rings. The highest BCUT2D eigenvalue weighted by atomic mass is 16.5. The lowest BCUT2D eigenvalue weighted by Crippen LogP contribution is -2.30. The number of ether oxygens (including phenoxy) is 2. The third-order valence-corrected chi connectivity index (χ3v) is 5.34. The Balaban J connectivity index is 1.29. The van der Waals surface area contributed by atoms with Gasteiger partial charge in [0.25, 0.3) is 5.91 Å². The van der Waals surface area contributed by atoms with E-state index in [1.54, 1.807) is 0 Å². The molecule has 0 spiro atoms. The first-order valence-electron chi connectivity index (χ1n) is 10.3. The third kappa shape index (κ3) is 4.41. The molecule has 156 valence electrons. The number of aliphatic hydroxyl groups is 1. The molecule has 0 saturated heterocycles. The van der Waals surface area contributed by atoms with Crippen LogP contribution in [0.2, 0.25) is 0 Å². The highest BCUT2D eigenvalue weighted by Gasteiger charge is 2.32. The summed E-state index contributed by atoms with van der Waals surface area (Å²) >= 11 is 0. The largest absolute Gasteiger partial charge is 0.483 e. The van der Waals surface area contributed by atoms with Crippen molar-refractivity contribution in [2.75, 3.05) is 13.2 Å². The van der Waals surface area contributed by atoms with Gasteiger partial charge in [0.15, 0.2) is 18.1 Å². The van der Waals surface area contributed by atoms with Gasteiger partial charge in [0, 0.05) is 18.5 Å². The zero-order valence-electron chi connectivity index (χ0n) is 17.4. The summed E-state index contributed by atoms with van der Waals surface area (Å²) in [5.41, 5.74) is 1.70. The van der Waals surface area contributed by atoms with Crippen molar-refractivity contribution in [3.8, 4) is 11.5 Å². The Bertz CT molecular complexity index is 1050. The van der Waals surface area contributed by atoms with E-state index in [0.29, 0.717) is 18.7 Å². The topological polar surface area (TPSA) is 67.8 Å². The molecule has 30 heavy (non-hydrogen) atoms. The second kappa shape index (κ2) is 8.36. The van der Waals surface area contributed by atoms with E-state index in [0.717, 1.165) is 34.1 Å². The maximum Gasteiger partial charge on any atom is 0.257 e. The van der Waals surface area contributed by atoms with E-state index < -0.39 is 6.10 Å². The lowest BCUT2D eigenvalue weighted by atomic mass is 9.99. The highest BCUT2D eigenvalue weighted by Crippen LogP contribution is 2.41. The first-order chi connectivity index (χ1) is 14.4. The van der Waals surface area contributed by atoms with E-state index in [1.807, 2.05) is 74.5 Å². The van der Waals surface area contributed by atoms with E-state index in [4.69, 9.17) is 9.47 Å². The molecule has 1 amide bonds. The number of hydrogen-bond donors (Lipinski definition) is 2. The molecule has 2 N–H and O–H groups in total. The van der Waals surface area contributed by atoms with Crippen LogP contribution in [0, 0.1) is 0 Å². The molecular weight excluding hydrogens is 378 g/mol. The molecule has 0 aromatic heterocycles. The molecule has 0 radical (unpaired) electrons. The number of hydrogen-bond acceptors (Lipinski definition) is 4. The summed E-state index contributed by atoms with van der Waals surface area (Å²) in [6, 6.07) is 19.6. The first-order valence-corrected chi connectivity index (χ1v) is 10.3. The van der Waals surface area contributed by atoms with E-state index in [-0.39, 0.29) is 18.1 Å². The Morgan fingerprint density at radius 1 is 1.13 bits per heavy atom. The standard InChI is InChI=1S/C25H27NO4/c1-25(2)15-18-9-6-12-22(24(18)30-25)29-16-23(28)26-14-13-21(27)20-11-5-8-17-7-3-4-10-19(17)20/h3-12,21,27H,13-16H2,1-2H3,(H,26,28). The Labute approximate surface area is 176 Å². The van der Waals surface area contributed by atoms with Gasteiger partial charge in [0.2, 0.25) is 0 Å². The molecule has 5 heteroatoms. The van der Waals surface area contributed by atoms with Gasteiger partial charge in [-0.1, -0.05) is 54.6 Å². The summed E-state index contributed by atoms with van der Waals surface area (Å²) in [4.78, 5) is 12.2. The fourth-order valence-corrected chi connectivity index (χ4v) is 3.94. The number of rotatable bonds is 7. The molecule has 0 aliphatic carbocycles. The van der Waals surface area contributed by atoms with Crippen LogP contribution in [0.15, 0.2) is 60.7 Å². The molecule has 1 aliphatic rings. The van der Waals surface area contributed by atoms with Crippen LogP contribution in [-0.4, -0.2) is 29.8 Å². The van der Waals surface area contributed by atoms with Crippen molar-refractivity contribution >= 4 is 16.7 Å². The van der Waals surface area contributed by atoms with Gasteiger partial charge in [-0.25, -0.2) is 0 Å². The number of para-hydroxylation sites is 1. The number of carbonyl (C=O) groups excluding carboxylic acids is 1. The van der Waals surface area contributed by atoms with E-state index in [1.165, 1.54) is 0 Å². The Kier molecular flexibility index (Phi) is 5.64. The second-order valence-electron chi connectivity index (χ2n) is 8.29. The number of fused-ring (bicyclic) bond motifs is 2. The fraction of sp³-hybridized carbons (Fsp3) is 0.320. The molecule has 3 aromatic carbocycles. The van der Waals surface area contributed by atoms with Crippen LogP contribution >= 0.6 is 0 Å². The van der Waals surface area contributed by atoms with Gasteiger partial charge in [-0.05, 0) is 42.7 Å². The summed E-state index contributed by atoms with van der Waals surface area (Å²) in [5.74, 6) is 1.08. The summed E-state index contributed by atoms with van der Waals surface area (Å²) in [6.45, 7) is 4.34. The van der Waals surface area contributed by atoms with Crippen molar-refractivity contribution in [3.63, 3.8) is 0 Å². The van der Waals surface area contributed by atoms with Crippen LogP contribution in [0.1, 0.15) is 37.5 Å². The number of benzene rings is 3. The van der Waals surface area contributed by atoms with Crippen molar-refractivity contribution in [1.29, 1.82) is 0 Å². The molecule has 0 fully saturated rings. The van der Waals surface area contributed by atoms with Gasteiger partial charge < -0.3 is 19.9 Å². The smallest absolute Gasteiger partial charge is 0.257 e. The lowest BCUT2D eigenvalue weighted by Gasteiger charge is -2.18. The Morgan fingerprint density at radius 2 is 1.90 bits per heavy atom. The number of nitrogens with one attached hydrogen (secondary N) is 1. The van der Waals surface area contributed by atoms with Crippen LogP contribution in [0.5, 0.6) is 11.5 Å². The Morgan fingerprint density at radius 3 is 2.77 bits per heavy atom. The predicted octanol–water partition coefficient (Wildman–Crippen LogP) is 4.17. The van der Waals surface area contributed by atoms with Gasteiger partial charge in [-0.15, -0.1) is 0 Å². The van der Waals surface area contributed by atoms with Crippen molar-refractivity contribution in [1.82, 2.24) is 5.32 Å². The van der Waals surface area contributed by atoms with E-state index in [2.05, 4.69) is 5.32 Å². The summed E-state index contributed by atoms with van der Waals surface area (Å²) in [5, 5.41) is 15.5. The minimum Gasteiger partial charge on any atom is -0.483 e. The van der Waals surface area contributed by atoms with Crippen molar-refractivity contribution < 1.29 is 19.4 Å². The van der Waals surface area contributed by atoms with Crippen molar-refractivity contribution in [2.45, 2.75) is 38.4 Å². The summed E-state index contributed by atoms with van der Waals surface area (Å²) in [7, 11) is 0. The van der Waals surface area contributed by atoms with Crippen molar-refractivity contribution in [3.05, 3.63) is 71.8 Å². The van der Waals surface area contributed by atoms with Gasteiger partial charge in [-0.2, -0.15) is 0 Å². The zero-order valence-corrected chi connectivity index (χ0v) is 17.4. The normalized spacial score (nSPS) is 15.3. The first kappa shape index (κ1) is 20.2. The molecule has 0 saturated carbocycles. The number of carbonyl (C=O) groups is 1. The maximum absolute atomic E-state index is 12.2. The summed E-state index contributed by atoms with van der Waals surface area (Å²) in [6.07, 6.45) is 0.598. The molecule has 0 bridgehead atoms. The van der Waals surface area contributed by atoms with Crippen LogP contribution in [0.25, 0.3) is 10.8 Å². The molecule has 1 atom stereocenters. The van der Waals surface area contributed by atoms with Crippen LogP contribution in [0.3, 0.4) is 0 Å². The molecule has 5 nitrogen and oxygen atoms in total. The minimum atomic E-state index is -0.648. The van der Waals surface area contributed by atoms with Crippen molar-refractivity contribution in [2.24, 2.45) is 0 Å². The van der Waals surface area contributed by atoms with Crippen LogP contribution in [-0.2, 0) is 11.2 Å². The minimum absolute atomic E-state index is 0.0927. The average molecular weight is 405 g/mol. The molecule has 1 unspecified atom stereocenters. The van der Waals surface area contributed by atoms with Crippen LogP contribution < -0.4 is 14.8 Å². The SMILES string of the molecule is CC1(C)Cc2cccc(OCC(=O)NCCC(O)c3cccc4ccccc34)c2O1. The van der Waals surface area contributed by atoms with Crippen LogP contribution in [0.4, 0.5) is 0 Å². The second-order valence-corrected chi connectivity index (χ2v) is 8.29. The fourth-order valence-electron chi connectivity index (χ4n) is 3.94. The van der Waals surface area contributed by atoms with Gasteiger partial charge in [0.1, 0.15) is 5.60 Å². The lowest BCUT2D eigenvalue weighted by molar-refractivity contribution is -0.123. The molecule has 4 rings (SSSR count). The summed E-state index contributed by atoms with van der Waals surface area (Å²) < 4.78 is 11.7. The average Bonchev–Trinajstić information content (AvgIpc) is 3.06. The van der Waals surface area contributed by atoms with Gasteiger partial charge in [0.05, 0.1) is 6.10 Å². The third-order valence-electron chi connectivity index (χ3n) is 5.34. The quantitative estimate of drug-likeness (QED) is 0.619. The molecule has 1 aliphatic heterocycles. The number of amides is 1. The molecular formula is C25H27NO4. The molecule has 1 heterocycles. The van der Waals surface area contributed by atoms with Gasteiger partial charge in [-0.3, -0.25) is 4.79 Å². The highest BCUT2D eigenvalue weighted by molar-refractivity contribution is 5.86. The monoisotopic (exact) mass is 405 g/mol. The zero-order chi connectivity index (χ0) is 21.1. The van der Waals surface area contributed by atoms with E-state index in [9.17, 15) is 9.90 Å². The maximum atomic E-state index is 12.2. The van der Waals surface area contributed by atoms with E-state index >= 15 is 0 Å².